The number of anilines is 1. The summed E-state index contributed by atoms with van der Waals surface area (Å²) in [5, 5.41) is 4.42. The van der Waals surface area contributed by atoms with Crippen LogP contribution in [-0.4, -0.2) is 36.4 Å². The smallest absolute Gasteiger partial charge is 0.336 e. The Morgan fingerprint density at radius 3 is 2.52 bits per heavy atom. The Kier molecular flexibility index (Phi) is 6.43. The summed E-state index contributed by atoms with van der Waals surface area (Å²) in [7, 11) is -2.46. The van der Waals surface area contributed by atoms with Crippen LogP contribution in [0.5, 0.6) is 11.8 Å². The molecule has 2 aromatic carbocycles. The Bertz CT molecular complexity index is 1350. The van der Waals surface area contributed by atoms with Crippen LogP contribution in [0.2, 0.25) is 0 Å². The zero-order valence-electron chi connectivity index (χ0n) is 18.0. The van der Waals surface area contributed by atoms with Gasteiger partial charge in [-0.15, -0.1) is 5.10 Å². The average molecular weight is 533 g/mol. The molecule has 0 amide bonds. The third kappa shape index (κ3) is 5.04. The van der Waals surface area contributed by atoms with Crippen molar-refractivity contribution in [3.05, 3.63) is 65.3 Å². The molecule has 0 spiro atoms. The van der Waals surface area contributed by atoms with Crippen LogP contribution in [0.25, 0.3) is 17.3 Å². The molecule has 0 bridgehead atoms. The molecule has 4 rings (SSSR count). The van der Waals surface area contributed by atoms with Crippen molar-refractivity contribution in [3.63, 3.8) is 0 Å². The number of rotatable bonds is 8. The van der Waals surface area contributed by atoms with E-state index in [-0.39, 0.29) is 22.8 Å². The fourth-order valence-corrected chi connectivity index (χ4v) is 4.81. The first-order valence-corrected chi connectivity index (χ1v) is 12.2. The molecule has 172 valence electrons. The van der Waals surface area contributed by atoms with E-state index in [0.717, 1.165) is 0 Å². The molecule has 0 fully saturated rings. The molecule has 0 saturated carbocycles. The van der Waals surface area contributed by atoms with Crippen molar-refractivity contribution in [3.8, 4) is 29.0 Å². The van der Waals surface area contributed by atoms with Crippen LogP contribution in [-0.2, 0) is 10.0 Å². The van der Waals surface area contributed by atoms with Crippen molar-refractivity contribution in [2.75, 3.05) is 11.8 Å². The van der Waals surface area contributed by atoms with Gasteiger partial charge in [0.2, 0.25) is 5.82 Å². The van der Waals surface area contributed by atoms with Gasteiger partial charge >= 0.3 is 6.01 Å². The van der Waals surface area contributed by atoms with Gasteiger partial charge in [-0.05, 0) is 68.4 Å². The number of benzene rings is 2. The lowest BCUT2D eigenvalue weighted by Crippen LogP contribution is -2.14. The Morgan fingerprint density at radius 1 is 1.12 bits per heavy atom. The van der Waals surface area contributed by atoms with Gasteiger partial charge in [0, 0.05) is 10.2 Å². The van der Waals surface area contributed by atoms with Crippen molar-refractivity contribution in [2.24, 2.45) is 0 Å². The number of hydrogen-bond donors (Lipinski definition) is 1. The van der Waals surface area contributed by atoms with Gasteiger partial charge < -0.3 is 13.9 Å². The maximum Gasteiger partial charge on any atom is 0.336 e. The van der Waals surface area contributed by atoms with Crippen LogP contribution in [0, 0.1) is 0 Å². The van der Waals surface area contributed by atoms with Gasteiger partial charge in [0.1, 0.15) is 10.6 Å². The number of sulfonamides is 1. The Labute approximate surface area is 199 Å². The normalized spacial score (nSPS) is 11.5. The van der Waals surface area contributed by atoms with Crippen molar-refractivity contribution >= 4 is 31.6 Å². The van der Waals surface area contributed by atoms with Crippen LogP contribution in [0.15, 0.2) is 74.6 Å². The van der Waals surface area contributed by atoms with E-state index in [2.05, 4.69) is 30.7 Å². The van der Waals surface area contributed by atoms with E-state index in [0.29, 0.717) is 27.4 Å². The number of furan rings is 1. The number of halogens is 1. The molecule has 11 heteroatoms. The Balaban J connectivity index is 1.64. The van der Waals surface area contributed by atoms with Crippen LogP contribution in [0.3, 0.4) is 0 Å². The summed E-state index contributed by atoms with van der Waals surface area (Å²) < 4.78 is 47.0. The minimum absolute atomic E-state index is 0.0234. The summed E-state index contributed by atoms with van der Waals surface area (Å²) >= 11 is 3.30. The number of aromatic nitrogens is 3. The number of nitrogens with zero attached hydrogens (tertiary/aromatic N) is 3. The van der Waals surface area contributed by atoms with E-state index in [9.17, 15) is 8.42 Å². The molecule has 2 aromatic heterocycles. The molecule has 0 aliphatic rings. The summed E-state index contributed by atoms with van der Waals surface area (Å²) in [4.78, 5) is 4.45. The molecule has 0 atom stereocenters. The van der Waals surface area contributed by atoms with E-state index >= 15 is 0 Å². The Morgan fingerprint density at radius 2 is 1.88 bits per heavy atom. The van der Waals surface area contributed by atoms with Crippen molar-refractivity contribution in [1.82, 2.24) is 14.8 Å². The summed E-state index contributed by atoms with van der Waals surface area (Å²) in [6.07, 6.45) is 1.45. The lowest BCUT2D eigenvalue weighted by Gasteiger charge is -2.12. The lowest BCUT2D eigenvalue weighted by molar-refractivity contribution is 0.222. The predicted octanol–water partition coefficient (Wildman–Crippen LogP) is 4.89. The van der Waals surface area contributed by atoms with Crippen molar-refractivity contribution in [1.29, 1.82) is 0 Å². The Hall–Kier alpha value is -3.31. The van der Waals surface area contributed by atoms with E-state index in [1.807, 2.05) is 13.8 Å². The van der Waals surface area contributed by atoms with E-state index in [1.54, 1.807) is 59.5 Å². The number of hydrogen-bond acceptors (Lipinski definition) is 7. The minimum Gasteiger partial charge on any atom is -0.495 e. The first-order chi connectivity index (χ1) is 15.8. The van der Waals surface area contributed by atoms with Gasteiger partial charge in [0.15, 0.2) is 5.76 Å². The highest BCUT2D eigenvalue weighted by Crippen LogP contribution is 2.30. The first-order valence-electron chi connectivity index (χ1n) is 9.91. The van der Waals surface area contributed by atoms with Gasteiger partial charge in [-0.2, -0.15) is 4.98 Å². The molecule has 0 aliphatic heterocycles. The molecule has 0 aliphatic carbocycles. The second-order valence-corrected chi connectivity index (χ2v) is 9.79. The standard InChI is InChI=1S/C22H21BrN4O5S/c1-14(2)32-22-24-21(19-5-4-12-31-19)27(25-22)17-9-7-16(8-10-17)26-33(28,29)20-13-15(23)6-11-18(20)30-3/h4-14,26H,1-3H3. The molecule has 2 heterocycles. The van der Waals surface area contributed by atoms with E-state index < -0.39 is 10.0 Å². The van der Waals surface area contributed by atoms with Crippen LogP contribution < -0.4 is 14.2 Å². The van der Waals surface area contributed by atoms with Crippen LogP contribution in [0.4, 0.5) is 5.69 Å². The molecular weight excluding hydrogens is 512 g/mol. The highest BCUT2D eigenvalue weighted by molar-refractivity contribution is 9.10. The summed E-state index contributed by atoms with van der Waals surface area (Å²) in [6, 6.07) is 15.2. The first kappa shape index (κ1) is 22.9. The van der Waals surface area contributed by atoms with Gasteiger partial charge in [0.25, 0.3) is 10.0 Å². The summed E-state index contributed by atoms with van der Waals surface area (Å²) in [5.41, 5.74) is 1.02. The molecule has 0 unspecified atom stereocenters. The highest BCUT2D eigenvalue weighted by atomic mass is 79.9. The monoisotopic (exact) mass is 532 g/mol. The third-order valence-corrected chi connectivity index (χ3v) is 6.35. The molecule has 33 heavy (non-hydrogen) atoms. The number of methoxy groups -OCH3 is 1. The van der Waals surface area contributed by atoms with Crippen LogP contribution in [0.1, 0.15) is 13.8 Å². The zero-order valence-corrected chi connectivity index (χ0v) is 20.4. The molecule has 1 N–H and O–H groups in total. The average Bonchev–Trinajstić information content (AvgIpc) is 3.43. The van der Waals surface area contributed by atoms with Crippen LogP contribution >= 0.6 is 15.9 Å². The van der Waals surface area contributed by atoms with E-state index in [4.69, 9.17) is 13.9 Å². The van der Waals surface area contributed by atoms with Gasteiger partial charge in [-0.25, -0.2) is 13.1 Å². The van der Waals surface area contributed by atoms with Crippen molar-refractivity contribution < 1.29 is 22.3 Å². The van der Waals surface area contributed by atoms with Gasteiger partial charge in [-0.3, -0.25) is 4.72 Å². The second kappa shape index (κ2) is 9.28. The fourth-order valence-electron chi connectivity index (χ4n) is 3.04. The molecule has 4 aromatic rings. The SMILES string of the molecule is COc1ccc(Br)cc1S(=O)(=O)Nc1ccc(-n2nc(OC(C)C)nc2-c2ccco2)cc1. The number of nitrogens with one attached hydrogen (secondary N) is 1. The van der Waals surface area contributed by atoms with E-state index in [1.165, 1.54) is 13.2 Å². The fraction of sp³-hybridized carbons (Fsp3) is 0.182. The molecule has 0 saturated heterocycles. The molecule has 9 nitrogen and oxygen atoms in total. The second-order valence-electron chi connectivity index (χ2n) is 7.22. The maximum atomic E-state index is 12.9. The molecule has 0 radical (unpaired) electrons. The lowest BCUT2D eigenvalue weighted by atomic mass is 10.3. The summed E-state index contributed by atoms with van der Waals surface area (Å²) in [6.45, 7) is 3.77. The molecular formula is C22H21BrN4O5S. The predicted molar refractivity (Wildman–Crippen MR) is 126 cm³/mol. The zero-order chi connectivity index (χ0) is 23.6. The third-order valence-electron chi connectivity index (χ3n) is 4.45. The summed E-state index contributed by atoms with van der Waals surface area (Å²) in [5.74, 6) is 1.22. The number of ether oxygens (including phenoxy) is 2. The largest absolute Gasteiger partial charge is 0.495 e. The van der Waals surface area contributed by atoms with Gasteiger partial charge in [0.05, 0.1) is 25.2 Å². The maximum absolute atomic E-state index is 12.9. The highest BCUT2D eigenvalue weighted by Gasteiger charge is 2.21. The quantitative estimate of drug-likeness (QED) is 0.344. The van der Waals surface area contributed by atoms with Crippen molar-refractivity contribution in [2.45, 2.75) is 24.8 Å². The topological polar surface area (TPSA) is 108 Å². The minimum atomic E-state index is -3.88. The van der Waals surface area contributed by atoms with Gasteiger partial charge in [-0.1, -0.05) is 15.9 Å².